The number of carbonyl (C=O) groups excluding carboxylic acids is 2. The lowest BCUT2D eigenvalue weighted by molar-refractivity contribution is -0.884. The van der Waals surface area contributed by atoms with E-state index in [0.717, 1.165) is 26.2 Å². The number of nitrogens with one attached hydrogen (secondary N) is 2. The van der Waals surface area contributed by atoms with Crippen molar-refractivity contribution in [1.29, 1.82) is 0 Å². The van der Waals surface area contributed by atoms with Crippen molar-refractivity contribution in [1.82, 2.24) is 0 Å². The number of esters is 1. The van der Waals surface area contributed by atoms with E-state index < -0.39 is 5.97 Å². The van der Waals surface area contributed by atoms with Gasteiger partial charge in [0.1, 0.15) is 6.54 Å². The van der Waals surface area contributed by atoms with E-state index in [0.29, 0.717) is 17.8 Å². The van der Waals surface area contributed by atoms with Crippen LogP contribution in [0.4, 0.5) is 5.69 Å². The van der Waals surface area contributed by atoms with Gasteiger partial charge in [-0.05, 0) is 36.8 Å². The van der Waals surface area contributed by atoms with Gasteiger partial charge in [0.05, 0.1) is 28.9 Å². The molecule has 1 heterocycles. The Hall–Kier alpha value is -1.89. The fourth-order valence-corrected chi connectivity index (χ4v) is 3.48. The third-order valence-electron chi connectivity index (χ3n) is 3.50. The Balaban J connectivity index is 1.97. The van der Waals surface area contributed by atoms with Crippen molar-refractivity contribution in [2.75, 3.05) is 26.0 Å². The van der Waals surface area contributed by atoms with Gasteiger partial charge in [-0.3, -0.25) is 4.79 Å². The lowest BCUT2D eigenvalue weighted by atomic mass is 10.1. The molecule has 0 aliphatic heterocycles. The van der Waals surface area contributed by atoms with Crippen molar-refractivity contribution in [2.45, 2.75) is 13.5 Å². The molecule has 0 radical (unpaired) electrons. The number of hydrogen-bond donors (Lipinski definition) is 2. The number of thiophene rings is 1. The molecule has 2 rings (SSSR count). The van der Waals surface area contributed by atoms with Gasteiger partial charge in [-0.1, -0.05) is 17.7 Å². The maximum Gasteiger partial charge on any atom is 0.337 e. The average molecular weight is 368 g/mol. The molecular weight excluding hydrogens is 348 g/mol. The molecule has 128 valence electrons. The second-order valence-electron chi connectivity index (χ2n) is 5.59. The minimum Gasteiger partial charge on any atom is -0.465 e. The van der Waals surface area contributed by atoms with Crippen molar-refractivity contribution < 1.29 is 19.2 Å². The van der Waals surface area contributed by atoms with Crippen LogP contribution in [0, 0.1) is 6.92 Å². The topological polar surface area (TPSA) is 59.8 Å². The Morgan fingerprint density at radius 2 is 2.04 bits per heavy atom. The second kappa shape index (κ2) is 8.28. The highest BCUT2D eigenvalue weighted by Gasteiger charge is 2.14. The normalized spacial score (nSPS) is 11.8. The summed E-state index contributed by atoms with van der Waals surface area (Å²) >= 11 is 7.44. The summed E-state index contributed by atoms with van der Waals surface area (Å²) in [6.07, 6.45) is 0. The maximum atomic E-state index is 12.3. The molecule has 7 heteroatoms. The highest BCUT2D eigenvalue weighted by Crippen LogP contribution is 2.20. The molecule has 0 saturated carbocycles. The monoisotopic (exact) mass is 367 g/mol. The highest BCUT2D eigenvalue weighted by atomic mass is 35.5. The smallest absolute Gasteiger partial charge is 0.337 e. The lowest BCUT2D eigenvalue weighted by Crippen LogP contribution is -3.08. The Bertz CT molecular complexity index is 745. The molecule has 1 aromatic heterocycles. The summed E-state index contributed by atoms with van der Waals surface area (Å²) in [6, 6.07) is 8.92. The predicted octanol–water partition coefficient (Wildman–Crippen LogP) is 2.15. The largest absolute Gasteiger partial charge is 0.465 e. The SMILES string of the molecule is COC(=O)c1ccc(C)c(NC(=O)C[NH+](C)Cc2ccc(Cl)s2)c1. The van der Waals surface area contributed by atoms with Gasteiger partial charge in [0.15, 0.2) is 6.54 Å². The summed E-state index contributed by atoms with van der Waals surface area (Å²) in [5, 5.41) is 2.86. The maximum absolute atomic E-state index is 12.3. The summed E-state index contributed by atoms with van der Waals surface area (Å²) in [5.74, 6) is -0.539. The summed E-state index contributed by atoms with van der Waals surface area (Å²) in [6.45, 7) is 2.92. The summed E-state index contributed by atoms with van der Waals surface area (Å²) in [7, 11) is 3.28. The van der Waals surface area contributed by atoms with Crippen LogP contribution in [0.15, 0.2) is 30.3 Å². The van der Waals surface area contributed by atoms with E-state index in [2.05, 4.69) is 5.32 Å². The summed E-state index contributed by atoms with van der Waals surface area (Å²) in [5.41, 5.74) is 1.92. The fraction of sp³-hybridized carbons (Fsp3) is 0.294. The van der Waals surface area contributed by atoms with Gasteiger partial charge < -0.3 is 15.0 Å². The number of aryl methyl sites for hydroxylation is 1. The highest BCUT2D eigenvalue weighted by molar-refractivity contribution is 7.16. The van der Waals surface area contributed by atoms with Crippen LogP contribution in [-0.2, 0) is 16.1 Å². The van der Waals surface area contributed by atoms with Crippen LogP contribution in [0.5, 0.6) is 0 Å². The van der Waals surface area contributed by atoms with Crippen molar-refractivity contribution >= 4 is 40.5 Å². The first-order chi connectivity index (χ1) is 11.4. The van der Waals surface area contributed by atoms with E-state index in [1.54, 1.807) is 18.2 Å². The lowest BCUT2D eigenvalue weighted by Gasteiger charge is -2.14. The van der Waals surface area contributed by atoms with Gasteiger partial charge in [-0.15, -0.1) is 11.3 Å². The van der Waals surface area contributed by atoms with Crippen LogP contribution in [0.1, 0.15) is 20.8 Å². The van der Waals surface area contributed by atoms with Crippen LogP contribution in [0.2, 0.25) is 4.34 Å². The quantitative estimate of drug-likeness (QED) is 0.769. The number of benzene rings is 1. The van der Waals surface area contributed by atoms with E-state index in [-0.39, 0.29) is 5.91 Å². The Morgan fingerprint density at radius 3 is 2.67 bits per heavy atom. The van der Waals surface area contributed by atoms with Crippen LogP contribution in [0.25, 0.3) is 0 Å². The van der Waals surface area contributed by atoms with Gasteiger partial charge in [-0.2, -0.15) is 0 Å². The number of methoxy groups -OCH3 is 1. The number of ether oxygens (including phenoxy) is 1. The third kappa shape index (κ3) is 5.06. The van der Waals surface area contributed by atoms with Crippen molar-refractivity contribution in [3.05, 3.63) is 50.7 Å². The fourth-order valence-electron chi connectivity index (χ4n) is 2.28. The molecule has 0 spiro atoms. The molecule has 1 atom stereocenters. The average Bonchev–Trinajstić information content (AvgIpc) is 2.93. The molecule has 0 fully saturated rings. The Morgan fingerprint density at radius 1 is 1.29 bits per heavy atom. The number of rotatable bonds is 6. The zero-order chi connectivity index (χ0) is 17.7. The molecule has 1 amide bonds. The van der Waals surface area contributed by atoms with Crippen molar-refractivity contribution in [3.8, 4) is 0 Å². The van der Waals surface area contributed by atoms with Crippen LogP contribution >= 0.6 is 22.9 Å². The first-order valence-corrected chi connectivity index (χ1v) is 8.63. The first-order valence-electron chi connectivity index (χ1n) is 7.43. The predicted molar refractivity (Wildman–Crippen MR) is 95.9 cm³/mol. The van der Waals surface area contributed by atoms with Gasteiger partial charge in [0.2, 0.25) is 0 Å². The van der Waals surface area contributed by atoms with E-state index in [4.69, 9.17) is 16.3 Å². The zero-order valence-electron chi connectivity index (χ0n) is 13.8. The summed E-state index contributed by atoms with van der Waals surface area (Å²) < 4.78 is 5.45. The molecule has 24 heavy (non-hydrogen) atoms. The van der Waals surface area contributed by atoms with E-state index >= 15 is 0 Å². The number of amides is 1. The Kier molecular flexibility index (Phi) is 6.36. The molecular formula is C17H20ClN2O3S+. The molecule has 1 unspecified atom stereocenters. The minimum atomic E-state index is -0.428. The van der Waals surface area contributed by atoms with Crippen molar-refractivity contribution in [2.24, 2.45) is 0 Å². The number of hydrogen-bond acceptors (Lipinski definition) is 4. The molecule has 0 aliphatic rings. The minimum absolute atomic E-state index is 0.111. The zero-order valence-corrected chi connectivity index (χ0v) is 15.4. The second-order valence-corrected chi connectivity index (χ2v) is 7.39. The van der Waals surface area contributed by atoms with Crippen molar-refractivity contribution in [3.63, 3.8) is 0 Å². The molecule has 2 N–H and O–H groups in total. The van der Waals surface area contributed by atoms with E-state index in [1.807, 2.05) is 26.1 Å². The molecule has 0 bridgehead atoms. The van der Waals surface area contributed by atoms with E-state index in [9.17, 15) is 9.59 Å². The van der Waals surface area contributed by atoms with Crippen LogP contribution in [0.3, 0.4) is 0 Å². The molecule has 0 aliphatic carbocycles. The van der Waals surface area contributed by atoms with Gasteiger partial charge >= 0.3 is 5.97 Å². The molecule has 1 aromatic carbocycles. The van der Waals surface area contributed by atoms with E-state index in [1.165, 1.54) is 18.4 Å². The summed E-state index contributed by atoms with van der Waals surface area (Å²) in [4.78, 5) is 26.0. The molecule has 5 nitrogen and oxygen atoms in total. The molecule has 2 aromatic rings. The van der Waals surface area contributed by atoms with Gasteiger partial charge in [0, 0.05) is 5.69 Å². The number of likely N-dealkylation sites (N-methyl/N-ethyl adjacent to an activating group) is 1. The number of carbonyl (C=O) groups is 2. The third-order valence-corrected chi connectivity index (χ3v) is 4.73. The number of halogens is 1. The Labute approximate surface area is 150 Å². The number of anilines is 1. The first kappa shape index (κ1) is 18.4. The van der Waals surface area contributed by atoms with Gasteiger partial charge in [0.25, 0.3) is 5.91 Å². The standard InChI is InChI=1S/C17H19ClN2O3S/c1-11-4-5-12(17(22)23-3)8-14(11)19-16(21)10-20(2)9-13-6-7-15(18)24-13/h4-8H,9-10H2,1-3H3,(H,19,21)/p+1. The number of quaternary nitrogens is 1. The van der Waals surface area contributed by atoms with Crippen LogP contribution < -0.4 is 10.2 Å². The van der Waals surface area contributed by atoms with Crippen LogP contribution in [-0.4, -0.2) is 32.6 Å². The molecule has 0 saturated heterocycles. The van der Waals surface area contributed by atoms with Gasteiger partial charge in [-0.25, -0.2) is 4.79 Å².